The van der Waals surface area contributed by atoms with Gasteiger partial charge in [0.05, 0.1) is 17.1 Å². The van der Waals surface area contributed by atoms with Crippen molar-refractivity contribution in [3.8, 4) is 0 Å². The molecule has 0 aromatic heterocycles. The summed E-state index contributed by atoms with van der Waals surface area (Å²) in [4.78, 5) is 11.1. The number of rotatable bonds is 6. The molecule has 0 spiro atoms. The Kier molecular flexibility index (Phi) is 5.93. The minimum Gasteiger partial charge on any atom is -0.326 e. The number of carbonyl (C=O) groups is 1. The molecule has 1 N–H and O–H groups in total. The van der Waals surface area contributed by atoms with Gasteiger partial charge in [-0.05, 0) is 54.6 Å². The average molecular weight is 416 g/mol. The number of anilines is 2. The normalized spacial score (nSPS) is 11.1. The van der Waals surface area contributed by atoms with E-state index in [-0.39, 0.29) is 28.6 Å². The van der Waals surface area contributed by atoms with Gasteiger partial charge in [-0.2, -0.15) is 0 Å². The Morgan fingerprint density at radius 3 is 2.14 bits per heavy atom. The molecule has 0 saturated heterocycles. The lowest BCUT2D eigenvalue weighted by molar-refractivity contribution is -0.114. The maximum Gasteiger partial charge on any atom is 0.264 e. The molecule has 0 fully saturated rings. The van der Waals surface area contributed by atoms with Gasteiger partial charge in [-0.3, -0.25) is 9.10 Å². The first-order valence-corrected chi connectivity index (χ1v) is 10.1. The van der Waals surface area contributed by atoms with Crippen LogP contribution >= 0.6 is 0 Å². The summed E-state index contributed by atoms with van der Waals surface area (Å²) in [7, 11) is -4.10. The second-order valence-electron chi connectivity index (χ2n) is 6.29. The van der Waals surface area contributed by atoms with Crippen molar-refractivity contribution in [3.63, 3.8) is 0 Å². The Labute approximate surface area is 167 Å². The zero-order valence-electron chi connectivity index (χ0n) is 15.5. The van der Waals surface area contributed by atoms with E-state index in [1.54, 1.807) is 6.07 Å². The molecule has 0 radical (unpaired) electrons. The van der Waals surface area contributed by atoms with Crippen LogP contribution < -0.4 is 9.62 Å². The van der Waals surface area contributed by atoms with Crippen LogP contribution in [0.25, 0.3) is 0 Å². The highest BCUT2D eigenvalue weighted by atomic mass is 32.2. The SMILES string of the molecule is CC(=O)Nc1ccc(S(=O)(=O)N(Cc2ccccc2F)c2ccc(F)cc2)cc1. The molecule has 150 valence electrons. The van der Waals surface area contributed by atoms with Gasteiger partial charge in [0, 0.05) is 18.2 Å². The van der Waals surface area contributed by atoms with E-state index in [4.69, 9.17) is 0 Å². The summed E-state index contributed by atoms with van der Waals surface area (Å²) >= 11 is 0. The third-order valence-electron chi connectivity index (χ3n) is 4.15. The molecule has 1 amide bonds. The average Bonchev–Trinajstić information content (AvgIpc) is 2.68. The Balaban J connectivity index is 2.03. The molecule has 0 unspecified atom stereocenters. The summed E-state index contributed by atoms with van der Waals surface area (Å²) in [6.45, 7) is 1.07. The van der Waals surface area contributed by atoms with Crippen molar-refractivity contribution in [2.75, 3.05) is 9.62 Å². The Morgan fingerprint density at radius 2 is 1.55 bits per heavy atom. The molecule has 0 bridgehead atoms. The molecule has 3 aromatic carbocycles. The Morgan fingerprint density at radius 1 is 0.931 bits per heavy atom. The minimum atomic E-state index is -4.10. The smallest absolute Gasteiger partial charge is 0.264 e. The summed E-state index contributed by atoms with van der Waals surface area (Å²) in [5, 5.41) is 2.56. The van der Waals surface area contributed by atoms with Gasteiger partial charge in [0.1, 0.15) is 11.6 Å². The number of nitrogens with zero attached hydrogens (tertiary/aromatic N) is 1. The van der Waals surface area contributed by atoms with Crippen molar-refractivity contribution in [2.45, 2.75) is 18.4 Å². The van der Waals surface area contributed by atoms with Crippen molar-refractivity contribution in [2.24, 2.45) is 0 Å². The van der Waals surface area contributed by atoms with E-state index < -0.39 is 21.7 Å². The van der Waals surface area contributed by atoms with Gasteiger partial charge in [0.15, 0.2) is 0 Å². The van der Waals surface area contributed by atoms with Gasteiger partial charge in [-0.15, -0.1) is 0 Å². The number of hydrogen-bond donors (Lipinski definition) is 1. The molecule has 0 aliphatic heterocycles. The fourth-order valence-electron chi connectivity index (χ4n) is 2.74. The van der Waals surface area contributed by atoms with Gasteiger partial charge in [-0.1, -0.05) is 18.2 Å². The predicted octanol–water partition coefficient (Wildman–Crippen LogP) is 4.32. The summed E-state index contributed by atoms with van der Waals surface area (Å²) < 4.78 is 55.1. The van der Waals surface area contributed by atoms with Crippen molar-refractivity contribution >= 4 is 27.3 Å². The molecule has 0 aliphatic rings. The van der Waals surface area contributed by atoms with E-state index in [1.807, 2.05) is 0 Å². The van der Waals surface area contributed by atoms with E-state index in [0.29, 0.717) is 5.69 Å². The predicted molar refractivity (Wildman–Crippen MR) is 107 cm³/mol. The van der Waals surface area contributed by atoms with E-state index in [9.17, 15) is 22.0 Å². The molecule has 8 heteroatoms. The van der Waals surface area contributed by atoms with Crippen LogP contribution in [0.4, 0.5) is 20.2 Å². The van der Waals surface area contributed by atoms with Gasteiger partial charge < -0.3 is 5.32 Å². The molecular weight excluding hydrogens is 398 g/mol. The zero-order valence-corrected chi connectivity index (χ0v) is 16.3. The minimum absolute atomic E-state index is 0.0488. The molecule has 0 aliphatic carbocycles. The van der Waals surface area contributed by atoms with Crippen LogP contribution in [-0.4, -0.2) is 14.3 Å². The van der Waals surface area contributed by atoms with Gasteiger partial charge in [0.25, 0.3) is 10.0 Å². The highest BCUT2D eigenvalue weighted by Crippen LogP contribution is 2.27. The lowest BCUT2D eigenvalue weighted by atomic mass is 10.2. The van der Waals surface area contributed by atoms with Gasteiger partial charge >= 0.3 is 0 Å². The van der Waals surface area contributed by atoms with Crippen LogP contribution in [0.1, 0.15) is 12.5 Å². The third-order valence-corrected chi connectivity index (χ3v) is 5.94. The summed E-state index contributed by atoms with van der Waals surface area (Å²) in [5.74, 6) is -1.35. The maximum absolute atomic E-state index is 14.2. The number of benzene rings is 3. The number of halogens is 2. The monoisotopic (exact) mass is 416 g/mol. The topological polar surface area (TPSA) is 66.5 Å². The van der Waals surface area contributed by atoms with Crippen molar-refractivity contribution < 1.29 is 22.0 Å². The largest absolute Gasteiger partial charge is 0.326 e. The van der Waals surface area contributed by atoms with Gasteiger partial charge in [0.2, 0.25) is 5.91 Å². The zero-order chi connectivity index (χ0) is 21.0. The number of nitrogens with one attached hydrogen (secondary N) is 1. The first kappa shape index (κ1) is 20.5. The van der Waals surface area contributed by atoms with Crippen molar-refractivity contribution in [3.05, 3.63) is 90.0 Å². The van der Waals surface area contributed by atoms with Crippen LogP contribution in [-0.2, 0) is 21.4 Å². The Hall–Kier alpha value is -3.26. The molecule has 0 heterocycles. The summed E-state index contributed by atoms with van der Waals surface area (Å²) in [6, 6.07) is 16.4. The maximum atomic E-state index is 14.2. The molecule has 0 atom stereocenters. The second-order valence-corrected chi connectivity index (χ2v) is 8.15. The van der Waals surface area contributed by atoms with E-state index in [2.05, 4.69) is 5.32 Å². The summed E-state index contributed by atoms with van der Waals surface area (Å²) in [5.41, 5.74) is 0.815. The van der Waals surface area contributed by atoms with Crippen LogP contribution in [0.2, 0.25) is 0 Å². The van der Waals surface area contributed by atoms with Crippen molar-refractivity contribution in [1.82, 2.24) is 0 Å². The summed E-state index contributed by atoms with van der Waals surface area (Å²) in [6.07, 6.45) is 0. The molecule has 0 saturated carbocycles. The van der Waals surface area contributed by atoms with Crippen LogP contribution in [0, 0.1) is 11.6 Å². The molecule has 3 rings (SSSR count). The molecular formula is C21H18F2N2O3S. The fourth-order valence-corrected chi connectivity index (χ4v) is 4.19. The van der Waals surface area contributed by atoms with Crippen LogP contribution in [0.15, 0.2) is 77.7 Å². The van der Waals surface area contributed by atoms with Crippen LogP contribution in [0.3, 0.4) is 0 Å². The fraction of sp³-hybridized carbons (Fsp3) is 0.0952. The first-order valence-electron chi connectivity index (χ1n) is 8.67. The third kappa shape index (κ3) is 4.78. The molecule has 5 nitrogen and oxygen atoms in total. The quantitative estimate of drug-likeness (QED) is 0.651. The second kappa shape index (κ2) is 8.40. The number of carbonyl (C=O) groups excluding carboxylic acids is 1. The Bertz CT molecular complexity index is 1120. The van der Waals surface area contributed by atoms with Gasteiger partial charge in [-0.25, -0.2) is 17.2 Å². The van der Waals surface area contributed by atoms with E-state index in [1.165, 1.54) is 61.5 Å². The van der Waals surface area contributed by atoms with Crippen molar-refractivity contribution in [1.29, 1.82) is 0 Å². The van der Waals surface area contributed by atoms with E-state index in [0.717, 1.165) is 16.4 Å². The van der Waals surface area contributed by atoms with E-state index >= 15 is 0 Å². The highest BCUT2D eigenvalue weighted by molar-refractivity contribution is 7.92. The number of hydrogen-bond acceptors (Lipinski definition) is 3. The van der Waals surface area contributed by atoms with Crippen LogP contribution in [0.5, 0.6) is 0 Å². The molecule has 29 heavy (non-hydrogen) atoms. The molecule has 3 aromatic rings. The lowest BCUT2D eigenvalue weighted by Crippen LogP contribution is -2.31. The lowest BCUT2D eigenvalue weighted by Gasteiger charge is -2.25. The number of amides is 1. The highest BCUT2D eigenvalue weighted by Gasteiger charge is 2.26. The first-order chi connectivity index (χ1) is 13.8. The standard InChI is InChI=1S/C21H18F2N2O3S/c1-15(26)24-18-8-12-20(13-9-18)29(27,28)25(19-10-6-17(22)7-11-19)14-16-4-2-3-5-21(16)23/h2-13H,14H2,1H3,(H,24,26). The number of sulfonamides is 1.